The molecule has 1 aromatic rings. The molecule has 0 amide bonds. The normalized spacial score (nSPS) is 16.6. The fourth-order valence-corrected chi connectivity index (χ4v) is 2.08. The van der Waals surface area contributed by atoms with Crippen molar-refractivity contribution in [1.82, 2.24) is 0 Å². The minimum absolute atomic E-state index is 0.0385. The number of hydrogen-bond acceptors (Lipinski definition) is 2. The van der Waals surface area contributed by atoms with Gasteiger partial charge in [0.1, 0.15) is 0 Å². The van der Waals surface area contributed by atoms with Crippen LogP contribution < -0.4 is 5.73 Å². The topological polar surface area (TPSA) is 46.2 Å². The fraction of sp³-hybridized carbons (Fsp3) is 0.538. The molecule has 1 aromatic carbocycles. The van der Waals surface area contributed by atoms with E-state index in [1.807, 2.05) is 13.8 Å². The number of benzene rings is 1. The standard InChI is InChI=1S/C13H19F2NO/c1-3-12(16)13(2,6-7-17)9-4-5-10(14)11(15)8-9/h4-5,8,12,17H,3,6-7,16H2,1-2H3. The molecule has 0 saturated heterocycles. The van der Waals surface area contributed by atoms with Crippen molar-refractivity contribution in [2.45, 2.75) is 38.1 Å². The van der Waals surface area contributed by atoms with Crippen LogP contribution in [0.2, 0.25) is 0 Å². The van der Waals surface area contributed by atoms with E-state index in [4.69, 9.17) is 10.8 Å². The van der Waals surface area contributed by atoms with Crippen molar-refractivity contribution in [3.63, 3.8) is 0 Å². The molecule has 0 spiro atoms. The Hall–Kier alpha value is -1.00. The number of aliphatic hydroxyl groups excluding tert-OH is 1. The number of aliphatic hydroxyl groups is 1. The first kappa shape index (κ1) is 14.1. The third kappa shape index (κ3) is 2.82. The summed E-state index contributed by atoms with van der Waals surface area (Å²) in [5.74, 6) is -1.75. The Kier molecular flexibility index (Phi) is 4.60. The molecule has 4 heteroatoms. The van der Waals surface area contributed by atoms with Crippen LogP contribution in [0.5, 0.6) is 0 Å². The molecule has 0 aliphatic carbocycles. The van der Waals surface area contributed by atoms with Gasteiger partial charge in [-0.2, -0.15) is 0 Å². The summed E-state index contributed by atoms with van der Waals surface area (Å²) in [7, 11) is 0. The van der Waals surface area contributed by atoms with Crippen molar-refractivity contribution in [2.75, 3.05) is 6.61 Å². The molecule has 2 nitrogen and oxygen atoms in total. The second kappa shape index (κ2) is 5.56. The van der Waals surface area contributed by atoms with Crippen LogP contribution in [-0.4, -0.2) is 17.8 Å². The van der Waals surface area contributed by atoms with Crippen LogP contribution in [-0.2, 0) is 5.41 Å². The third-order valence-electron chi connectivity index (χ3n) is 3.47. The second-order valence-electron chi connectivity index (χ2n) is 4.53. The van der Waals surface area contributed by atoms with Crippen LogP contribution in [0.4, 0.5) is 8.78 Å². The Bertz CT molecular complexity index is 384. The summed E-state index contributed by atoms with van der Waals surface area (Å²) in [5, 5.41) is 9.11. The van der Waals surface area contributed by atoms with E-state index in [-0.39, 0.29) is 12.6 Å². The lowest BCUT2D eigenvalue weighted by atomic mass is 9.73. The van der Waals surface area contributed by atoms with Gasteiger partial charge in [-0.25, -0.2) is 8.78 Å². The SMILES string of the molecule is CCC(N)C(C)(CCO)c1ccc(F)c(F)c1. The molecule has 0 bridgehead atoms. The average molecular weight is 243 g/mol. The third-order valence-corrected chi connectivity index (χ3v) is 3.47. The summed E-state index contributed by atoms with van der Waals surface area (Å²) < 4.78 is 26.1. The maximum absolute atomic E-state index is 13.2. The summed E-state index contributed by atoms with van der Waals surface area (Å²) in [6.45, 7) is 3.76. The molecule has 0 aliphatic rings. The Labute approximate surface area is 100 Å². The molecular weight excluding hydrogens is 224 g/mol. The Morgan fingerprint density at radius 3 is 2.47 bits per heavy atom. The van der Waals surface area contributed by atoms with Gasteiger partial charge >= 0.3 is 0 Å². The number of halogens is 2. The van der Waals surface area contributed by atoms with Gasteiger partial charge in [-0.05, 0) is 30.5 Å². The van der Waals surface area contributed by atoms with E-state index in [0.717, 1.165) is 6.07 Å². The number of rotatable bonds is 5. The summed E-state index contributed by atoms with van der Waals surface area (Å²) in [6, 6.07) is 3.59. The van der Waals surface area contributed by atoms with Gasteiger partial charge in [0.15, 0.2) is 11.6 Å². The molecule has 1 rings (SSSR count). The van der Waals surface area contributed by atoms with E-state index in [1.54, 1.807) is 0 Å². The van der Waals surface area contributed by atoms with Gasteiger partial charge in [-0.1, -0.05) is 19.9 Å². The van der Waals surface area contributed by atoms with Crippen molar-refractivity contribution in [1.29, 1.82) is 0 Å². The van der Waals surface area contributed by atoms with Gasteiger partial charge in [0, 0.05) is 18.1 Å². The molecule has 0 aliphatic heterocycles. The molecule has 0 saturated carbocycles. The molecule has 0 radical (unpaired) electrons. The fourth-order valence-electron chi connectivity index (χ4n) is 2.08. The van der Waals surface area contributed by atoms with Gasteiger partial charge < -0.3 is 10.8 Å². The first-order valence-electron chi connectivity index (χ1n) is 5.77. The highest BCUT2D eigenvalue weighted by molar-refractivity contribution is 5.28. The van der Waals surface area contributed by atoms with E-state index in [2.05, 4.69) is 0 Å². The van der Waals surface area contributed by atoms with Crippen molar-refractivity contribution >= 4 is 0 Å². The highest BCUT2D eigenvalue weighted by Gasteiger charge is 2.32. The van der Waals surface area contributed by atoms with Crippen LogP contribution >= 0.6 is 0 Å². The molecule has 2 unspecified atom stereocenters. The molecular formula is C13H19F2NO. The van der Waals surface area contributed by atoms with Crippen molar-refractivity contribution in [3.8, 4) is 0 Å². The molecule has 2 atom stereocenters. The summed E-state index contributed by atoms with van der Waals surface area (Å²) in [5.41, 5.74) is 6.11. The van der Waals surface area contributed by atoms with Crippen molar-refractivity contribution < 1.29 is 13.9 Å². The maximum Gasteiger partial charge on any atom is 0.159 e. The monoisotopic (exact) mass is 243 g/mol. The summed E-state index contributed by atoms with van der Waals surface area (Å²) >= 11 is 0. The minimum atomic E-state index is -0.880. The van der Waals surface area contributed by atoms with E-state index in [0.29, 0.717) is 18.4 Å². The highest BCUT2D eigenvalue weighted by Crippen LogP contribution is 2.32. The molecule has 96 valence electrons. The van der Waals surface area contributed by atoms with Gasteiger partial charge in [0.05, 0.1) is 0 Å². The predicted octanol–water partition coefficient (Wildman–Crippen LogP) is 2.34. The first-order chi connectivity index (χ1) is 7.95. The van der Waals surface area contributed by atoms with Gasteiger partial charge in [-0.15, -0.1) is 0 Å². The second-order valence-corrected chi connectivity index (χ2v) is 4.53. The lowest BCUT2D eigenvalue weighted by molar-refractivity contribution is 0.222. The highest BCUT2D eigenvalue weighted by atomic mass is 19.2. The van der Waals surface area contributed by atoms with E-state index in [1.165, 1.54) is 12.1 Å². The molecule has 0 heterocycles. The Morgan fingerprint density at radius 1 is 1.35 bits per heavy atom. The zero-order chi connectivity index (χ0) is 13.1. The zero-order valence-corrected chi connectivity index (χ0v) is 10.2. The van der Waals surface area contributed by atoms with Gasteiger partial charge in [0.2, 0.25) is 0 Å². The van der Waals surface area contributed by atoms with Crippen molar-refractivity contribution in [3.05, 3.63) is 35.4 Å². The first-order valence-corrected chi connectivity index (χ1v) is 5.77. The maximum atomic E-state index is 13.2. The molecule has 17 heavy (non-hydrogen) atoms. The lowest BCUT2D eigenvalue weighted by Gasteiger charge is -2.35. The van der Waals surface area contributed by atoms with Crippen molar-refractivity contribution in [2.24, 2.45) is 5.73 Å². The quantitative estimate of drug-likeness (QED) is 0.833. The molecule has 0 fully saturated rings. The van der Waals surface area contributed by atoms with Crippen LogP contribution in [0.25, 0.3) is 0 Å². The van der Waals surface area contributed by atoms with Gasteiger partial charge in [-0.3, -0.25) is 0 Å². The van der Waals surface area contributed by atoms with Crippen LogP contribution in [0, 0.1) is 11.6 Å². The summed E-state index contributed by atoms with van der Waals surface area (Å²) in [6.07, 6.45) is 1.13. The van der Waals surface area contributed by atoms with E-state index in [9.17, 15) is 8.78 Å². The Balaban J connectivity index is 3.17. The van der Waals surface area contributed by atoms with Crippen LogP contribution in [0.3, 0.4) is 0 Å². The molecule has 3 N–H and O–H groups in total. The largest absolute Gasteiger partial charge is 0.396 e. The predicted molar refractivity (Wildman–Crippen MR) is 63.7 cm³/mol. The number of hydrogen-bond donors (Lipinski definition) is 2. The molecule has 0 aromatic heterocycles. The lowest BCUT2D eigenvalue weighted by Crippen LogP contribution is -2.43. The van der Waals surface area contributed by atoms with Crippen LogP contribution in [0.15, 0.2) is 18.2 Å². The van der Waals surface area contributed by atoms with Gasteiger partial charge in [0.25, 0.3) is 0 Å². The minimum Gasteiger partial charge on any atom is -0.396 e. The van der Waals surface area contributed by atoms with E-state index < -0.39 is 17.0 Å². The van der Waals surface area contributed by atoms with Crippen LogP contribution in [0.1, 0.15) is 32.3 Å². The number of nitrogens with two attached hydrogens (primary N) is 1. The Morgan fingerprint density at radius 2 is 2.00 bits per heavy atom. The zero-order valence-electron chi connectivity index (χ0n) is 10.2. The average Bonchev–Trinajstić information content (AvgIpc) is 2.31. The summed E-state index contributed by atoms with van der Waals surface area (Å²) in [4.78, 5) is 0. The van der Waals surface area contributed by atoms with E-state index >= 15 is 0 Å². The smallest absolute Gasteiger partial charge is 0.159 e.